The number of nitrogens with zero attached hydrogens (tertiary/aromatic N) is 1. The topological polar surface area (TPSA) is 94.2 Å². The molecule has 1 amide bonds. The summed E-state index contributed by atoms with van der Waals surface area (Å²) in [5.41, 5.74) is 2.13. The summed E-state index contributed by atoms with van der Waals surface area (Å²) < 4.78 is 43.9. The third-order valence-corrected chi connectivity index (χ3v) is 6.00. The van der Waals surface area contributed by atoms with Crippen molar-refractivity contribution < 1.29 is 27.4 Å². The average molecular weight is 404 g/mol. The lowest BCUT2D eigenvalue weighted by molar-refractivity contribution is -0.122. The molecule has 0 fully saturated rings. The van der Waals surface area contributed by atoms with Crippen LogP contribution in [-0.4, -0.2) is 47.8 Å². The normalized spacial score (nSPS) is 15.2. The van der Waals surface area contributed by atoms with Crippen molar-refractivity contribution in [3.63, 3.8) is 0 Å². The van der Waals surface area contributed by atoms with Gasteiger partial charge in [0.25, 0.3) is 15.9 Å². The molecule has 0 saturated heterocycles. The number of carbonyl (C=O) groups is 1. The Morgan fingerprint density at radius 2 is 1.93 bits per heavy atom. The van der Waals surface area contributed by atoms with Crippen molar-refractivity contribution in [3.8, 4) is 11.5 Å². The van der Waals surface area contributed by atoms with Crippen molar-refractivity contribution in [3.05, 3.63) is 42.0 Å². The zero-order valence-electron chi connectivity index (χ0n) is 15.3. The number of benzene rings is 2. The van der Waals surface area contributed by atoms with E-state index in [1.165, 1.54) is 19.2 Å². The summed E-state index contributed by atoms with van der Waals surface area (Å²) >= 11 is 0. The van der Waals surface area contributed by atoms with Gasteiger partial charge in [0.05, 0.1) is 4.90 Å². The van der Waals surface area contributed by atoms with Gasteiger partial charge in [0.2, 0.25) is 0 Å². The van der Waals surface area contributed by atoms with Crippen LogP contribution in [0.25, 0.3) is 0 Å². The number of fused-ring (bicyclic) bond motifs is 2. The second-order valence-corrected chi connectivity index (χ2v) is 8.17. The molecule has 8 nitrogen and oxygen atoms in total. The van der Waals surface area contributed by atoms with Gasteiger partial charge in [-0.1, -0.05) is 0 Å². The molecule has 148 valence electrons. The van der Waals surface area contributed by atoms with Crippen LogP contribution in [0.1, 0.15) is 5.56 Å². The molecule has 2 aliphatic heterocycles. The standard InChI is InChI=1S/C19H20N2O6S/c1-25-12-19(22)21-7-6-13-10-14(2-4-16(13)21)20-28(23,24)15-3-5-17-18(11-15)27-9-8-26-17/h2-5,10-11,20H,6-9,12H2,1H3. The van der Waals surface area contributed by atoms with E-state index in [0.29, 0.717) is 43.4 Å². The zero-order chi connectivity index (χ0) is 19.7. The van der Waals surface area contributed by atoms with Gasteiger partial charge in [0, 0.05) is 31.1 Å². The van der Waals surface area contributed by atoms with E-state index < -0.39 is 10.0 Å². The highest BCUT2D eigenvalue weighted by molar-refractivity contribution is 7.92. The predicted molar refractivity (Wildman–Crippen MR) is 103 cm³/mol. The first-order valence-corrected chi connectivity index (χ1v) is 10.3. The Balaban J connectivity index is 1.55. The SMILES string of the molecule is COCC(=O)N1CCc2cc(NS(=O)(=O)c3ccc4c(c3)OCCO4)ccc21. The molecule has 0 radical (unpaired) electrons. The van der Waals surface area contributed by atoms with E-state index in [0.717, 1.165) is 11.3 Å². The first-order valence-electron chi connectivity index (χ1n) is 8.82. The van der Waals surface area contributed by atoms with E-state index in [-0.39, 0.29) is 17.4 Å². The number of nitrogens with one attached hydrogen (secondary N) is 1. The van der Waals surface area contributed by atoms with Crippen LogP contribution < -0.4 is 19.1 Å². The van der Waals surface area contributed by atoms with Gasteiger partial charge in [0.15, 0.2) is 11.5 Å². The number of rotatable bonds is 5. The Bertz CT molecular complexity index is 1020. The average Bonchev–Trinajstić information content (AvgIpc) is 3.11. The van der Waals surface area contributed by atoms with Gasteiger partial charge in [-0.3, -0.25) is 9.52 Å². The number of hydrogen-bond acceptors (Lipinski definition) is 6. The molecule has 0 bridgehead atoms. The van der Waals surface area contributed by atoms with Gasteiger partial charge < -0.3 is 19.1 Å². The maximum absolute atomic E-state index is 12.8. The van der Waals surface area contributed by atoms with Gasteiger partial charge in [-0.15, -0.1) is 0 Å². The number of amides is 1. The molecule has 2 aromatic rings. The minimum Gasteiger partial charge on any atom is -0.486 e. The van der Waals surface area contributed by atoms with Gasteiger partial charge in [0.1, 0.15) is 19.8 Å². The van der Waals surface area contributed by atoms with Crippen LogP contribution >= 0.6 is 0 Å². The summed E-state index contributed by atoms with van der Waals surface area (Å²) in [6.45, 7) is 1.39. The minimum absolute atomic E-state index is 0.0118. The first-order chi connectivity index (χ1) is 13.5. The maximum atomic E-state index is 12.8. The van der Waals surface area contributed by atoms with Gasteiger partial charge in [-0.2, -0.15) is 0 Å². The molecule has 2 heterocycles. The predicted octanol–water partition coefficient (Wildman–Crippen LogP) is 1.79. The van der Waals surface area contributed by atoms with Crippen molar-refractivity contribution in [2.45, 2.75) is 11.3 Å². The van der Waals surface area contributed by atoms with Crippen molar-refractivity contribution in [1.29, 1.82) is 0 Å². The molecule has 2 aliphatic rings. The number of ether oxygens (including phenoxy) is 3. The zero-order valence-corrected chi connectivity index (χ0v) is 16.1. The Kier molecular flexibility index (Phi) is 4.86. The van der Waals surface area contributed by atoms with Crippen molar-refractivity contribution >= 4 is 27.3 Å². The number of hydrogen-bond donors (Lipinski definition) is 1. The van der Waals surface area contributed by atoms with E-state index in [2.05, 4.69) is 4.72 Å². The summed E-state index contributed by atoms with van der Waals surface area (Å²) in [7, 11) is -2.31. The van der Waals surface area contributed by atoms with Crippen LogP contribution in [0.5, 0.6) is 11.5 Å². The fourth-order valence-electron chi connectivity index (χ4n) is 3.33. The maximum Gasteiger partial charge on any atom is 0.262 e. The van der Waals surface area contributed by atoms with Gasteiger partial charge in [-0.25, -0.2) is 8.42 Å². The number of sulfonamides is 1. The molecule has 28 heavy (non-hydrogen) atoms. The molecule has 9 heteroatoms. The van der Waals surface area contributed by atoms with E-state index in [9.17, 15) is 13.2 Å². The number of carbonyl (C=O) groups excluding carboxylic acids is 1. The Morgan fingerprint density at radius 1 is 1.14 bits per heavy atom. The van der Waals surface area contributed by atoms with E-state index in [1.54, 1.807) is 29.2 Å². The molecular weight excluding hydrogens is 384 g/mol. The highest BCUT2D eigenvalue weighted by Gasteiger charge is 2.25. The smallest absolute Gasteiger partial charge is 0.262 e. The number of anilines is 2. The summed E-state index contributed by atoms with van der Waals surface area (Å²) in [5, 5.41) is 0. The Labute approximate surface area is 163 Å². The molecule has 0 spiro atoms. The van der Waals surface area contributed by atoms with Gasteiger partial charge in [-0.05, 0) is 42.3 Å². The fraction of sp³-hybridized carbons (Fsp3) is 0.316. The van der Waals surface area contributed by atoms with Crippen LogP contribution in [0, 0.1) is 0 Å². The van der Waals surface area contributed by atoms with E-state index in [4.69, 9.17) is 14.2 Å². The second-order valence-electron chi connectivity index (χ2n) is 6.48. The number of methoxy groups -OCH3 is 1. The molecule has 2 aromatic carbocycles. The molecular formula is C19H20N2O6S. The van der Waals surface area contributed by atoms with Crippen molar-refractivity contribution in [2.75, 3.05) is 43.1 Å². The highest BCUT2D eigenvalue weighted by atomic mass is 32.2. The van der Waals surface area contributed by atoms with E-state index in [1.807, 2.05) is 0 Å². The van der Waals surface area contributed by atoms with Crippen LogP contribution in [0.3, 0.4) is 0 Å². The largest absolute Gasteiger partial charge is 0.486 e. The van der Waals surface area contributed by atoms with Crippen LogP contribution in [-0.2, 0) is 26.0 Å². The van der Waals surface area contributed by atoms with Crippen LogP contribution in [0.4, 0.5) is 11.4 Å². The molecule has 0 saturated carbocycles. The fourth-order valence-corrected chi connectivity index (χ4v) is 4.40. The third kappa shape index (κ3) is 3.50. The molecule has 0 aliphatic carbocycles. The lowest BCUT2D eigenvalue weighted by Crippen LogP contribution is -2.31. The monoisotopic (exact) mass is 404 g/mol. The molecule has 1 N–H and O–H groups in total. The minimum atomic E-state index is -3.79. The highest BCUT2D eigenvalue weighted by Crippen LogP contribution is 2.34. The lowest BCUT2D eigenvalue weighted by atomic mass is 10.1. The second kappa shape index (κ2) is 7.33. The molecule has 0 aromatic heterocycles. The summed E-state index contributed by atoms with van der Waals surface area (Å²) in [4.78, 5) is 13.8. The van der Waals surface area contributed by atoms with Crippen LogP contribution in [0.15, 0.2) is 41.3 Å². The quantitative estimate of drug-likeness (QED) is 0.817. The Morgan fingerprint density at radius 3 is 2.71 bits per heavy atom. The van der Waals surface area contributed by atoms with Crippen molar-refractivity contribution in [1.82, 2.24) is 0 Å². The molecule has 0 unspecified atom stereocenters. The van der Waals surface area contributed by atoms with Crippen molar-refractivity contribution in [2.24, 2.45) is 0 Å². The molecule has 4 rings (SSSR count). The first kappa shape index (κ1) is 18.6. The van der Waals surface area contributed by atoms with Crippen LogP contribution in [0.2, 0.25) is 0 Å². The third-order valence-electron chi connectivity index (χ3n) is 4.62. The Hall–Kier alpha value is -2.78. The summed E-state index contributed by atoms with van der Waals surface area (Å²) in [5.74, 6) is 0.824. The summed E-state index contributed by atoms with van der Waals surface area (Å²) in [6.07, 6.45) is 0.657. The lowest BCUT2D eigenvalue weighted by Gasteiger charge is -2.19. The van der Waals surface area contributed by atoms with E-state index >= 15 is 0 Å². The summed E-state index contributed by atoms with van der Waals surface area (Å²) in [6, 6.07) is 9.67. The molecule has 0 atom stereocenters. The van der Waals surface area contributed by atoms with Gasteiger partial charge >= 0.3 is 0 Å².